The average Bonchev–Trinajstić information content (AvgIpc) is 2.77. The van der Waals surface area contributed by atoms with E-state index in [-0.39, 0.29) is 22.6 Å². The van der Waals surface area contributed by atoms with Crippen molar-refractivity contribution in [2.75, 3.05) is 0 Å². The van der Waals surface area contributed by atoms with Crippen molar-refractivity contribution in [2.45, 2.75) is 64.2 Å². The summed E-state index contributed by atoms with van der Waals surface area (Å²) in [6.07, 6.45) is 7.83. The number of benzene rings is 2. The summed E-state index contributed by atoms with van der Waals surface area (Å²) >= 11 is 0. The van der Waals surface area contributed by atoms with Crippen molar-refractivity contribution in [1.29, 1.82) is 0 Å². The summed E-state index contributed by atoms with van der Waals surface area (Å²) in [7, 11) is 0. The molecule has 0 aliphatic heterocycles. The molecule has 0 spiro atoms. The lowest BCUT2D eigenvalue weighted by molar-refractivity contribution is 0.0686. The molecular formula is C26H27F5O2. The highest BCUT2D eigenvalue weighted by atomic mass is 19.2. The molecule has 0 heterocycles. The minimum absolute atomic E-state index is 0.177. The largest absolute Gasteiger partial charge is 0.477 e. The molecule has 0 saturated heterocycles. The van der Waals surface area contributed by atoms with Crippen molar-refractivity contribution in [3.63, 3.8) is 0 Å². The van der Waals surface area contributed by atoms with Crippen molar-refractivity contribution in [2.24, 2.45) is 17.8 Å². The number of halogens is 5. The van der Waals surface area contributed by atoms with E-state index in [1.165, 1.54) is 25.7 Å². The van der Waals surface area contributed by atoms with E-state index in [0.29, 0.717) is 36.8 Å². The lowest BCUT2D eigenvalue weighted by Gasteiger charge is -2.37. The zero-order valence-electron chi connectivity index (χ0n) is 18.4. The summed E-state index contributed by atoms with van der Waals surface area (Å²) in [5, 5.41) is 9.28. The molecule has 4 rings (SSSR count). The minimum atomic E-state index is -1.82. The van der Waals surface area contributed by atoms with Crippen molar-refractivity contribution in [1.82, 2.24) is 0 Å². The quantitative estimate of drug-likeness (QED) is 0.368. The van der Waals surface area contributed by atoms with E-state index in [9.17, 15) is 27.5 Å². The van der Waals surface area contributed by atoms with Gasteiger partial charge in [0.2, 0.25) is 0 Å². The van der Waals surface area contributed by atoms with Crippen LogP contribution >= 0.6 is 0 Å². The van der Waals surface area contributed by atoms with Gasteiger partial charge in [0, 0.05) is 5.56 Å². The Bertz CT molecular complexity index is 1030. The standard InChI is InChI=1S/C26H27F5O2/c1-13-2-4-14(5-3-13)15-6-8-16(9-7-15)18-12-19(27)23(26(32)33)25(31)22(18)17-10-20(28)24(30)21(29)11-17/h10-16H,2-9H2,1H3,(H,32,33)/t13-,14-,15?,16?. The molecule has 7 heteroatoms. The molecule has 2 aromatic rings. The molecular weight excluding hydrogens is 439 g/mol. The smallest absolute Gasteiger partial charge is 0.341 e. The maximum absolute atomic E-state index is 15.3. The Morgan fingerprint density at radius 3 is 1.79 bits per heavy atom. The summed E-state index contributed by atoms with van der Waals surface area (Å²) in [5.74, 6) is -7.57. The number of carboxylic acids is 1. The summed E-state index contributed by atoms with van der Waals surface area (Å²) in [4.78, 5) is 11.5. The SMILES string of the molecule is C[C@H]1CC[C@H](C2CCC(c3cc(F)c(C(=O)O)c(F)c3-c3cc(F)c(F)c(F)c3)CC2)CC1. The van der Waals surface area contributed by atoms with Crippen LogP contribution in [0.25, 0.3) is 11.1 Å². The first-order valence-electron chi connectivity index (χ1n) is 11.6. The first-order chi connectivity index (χ1) is 15.7. The predicted octanol–water partition coefficient (Wildman–Crippen LogP) is 7.85. The topological polar surface area (TPSA) is 37.3 Å². The Kier molecular flexibility index (Phi) is 6.78. The van der Waals surface area contributed by atoms with Crippen molar-refractivity contribution < 1.29 is 31.9 Å². The summed E-state index contributed by atoms with van der Waals surface area (Å²) in [6.45, 7) is 2.26. The first kappa shape index (κ1) is 23.7. The van der Waals surface area contributed by atoms with Gasteiger partial charge in [-0.1, -0.05) is 19.8 Å². The summed E-state index contributed by atoms with van der Waals surface area (Å²) < 4.78 is 71.3. The van der Waals surface area contributed by atoms with Gasteiger partial charge in [-0.05, 0) is 91.5 Å². The first-order valence-corrected chi connectivity index (χ1v) is 11.6. The molecule has 1 N–H and O–H groups in total. The Labute approximate surface area is 189 Å². The van der Waals surface area contributed by atoms with Gasteiger partial charge in [0.05, 0.1) is 0 Å². The summed E-state index contributed by atoms with van der Waals surface area (Å²) in [6, 6.07) is 2.21. The fourth-order valence-corrected chi connectivity index (χ4v) is 5.81. The second kappa shape index (κ2) is 9.43. The highest BCUT2D eigenvalue weighted by Crippen LogP contribution is 2.46. The number of hydrogen-bond acceptors (Lipinski definition) is 1. The molecule has 2 saturated carbocycles. The molecule has 0 atom stereocenters. The molecule has 2 nitrogen and oxygen atoms in total. The molecule has 0 aromatic heterocycles. The third-order valence-electron chi connectivity index (χ3n) is 7.67. The highest BCUT2D eigenvalue weighted by Gasteiger charge is 2.34. The van der Waals surface area contributed by atoms with E-state index in [1.54, 1.807) is 0 Å². The van der Waals surface area contributed by atoms with Gasteiger partial charge < -0.3 is 5.11 Å². The fourth-order valence-electron chi connectivity index (χ4n) is 5.81. The second-order valence-electron chi connectivity index (χ2n) is 9.70. The molecule has 33 heavy (non-hydrogen) atoms. The number of carbonyl (C=O) groups is 1. The van der Waals surface area contributed by atoms with Crippen molar-refractivity contribution in [3.05, 3.63) is 58.4 Å². The van der Waals surface area contributed by atoms with Gasteiger partial charge in [0.1, 0.15) is 17.2 Å². The minimum Gasteiger partial charge on any atom is -0.477 e. The number of carboxylic acid groups (broad SMARTS) is 1. The average molecular weight is 466 g/mol. The van der Waals surface area contributed by atoms with Crippen molar-refractivity contribution >= 4 is 5.97 Å². The van der Waals surface area contributed by atoms with Crippen LogP contribution in [0.3, 0.4) is 0 Å². The molecule has 2 aliphatic rings. The third-order valence-corrected chi connectivity index (χ3v) is 7.67. The van der Waals surface area contributed by atoms with Crippen LogP contribution in [0.5, 0.6) is 0 Å². The van der Waals surface area contributed by atoms with Gasteiger partial charge in [-0.25, -0.2) is 26.7 Å². The molecule has 2 aliphatic carbocycles. The third kappa shape index (κ3) is 4.64. The lowest BCUT2D eigenvalue weighted by Crippen LogP contribution is -2.25. The lowest BCUT2D eigenvalue weighted by atomic mass is 9.68. The molecule has 2 fully saturated rings. The Balaban J connectivity index is 1.69. The zero-order valence-corrected chi connectivity index (χ0v) is 18.4. The predicted molar refractivity (Wildman–Crippen MR) is 114 cm³/mol. The van der Waals surface area contributed by atoms with E-state index in [0.717, 1.165) is 24.8 Å². The normalized spacial score (nSPS) is 25.8. The molecule has 0 radical (unpaired) electrons. The summed E-state index contributed by atoms with van der Waals surface area (Å²) in [5.41, 5.74) is -1.73. The Morgan fingerprint density at radius 2 is 1.27 bits per heavy atom. The van der Waals surface area contributed by atoms with Crippen LogP contribution in [0.4, 0.5) is 22.0 Å². The number of hydrogen-bond donors (Lipinski definition) is 1. The molecule has 0 amide bonds. The van der Waals surface area contributed by atoms with Gasteiger partial charge in [0.15, 0.2) is 17.5 Å². The van der Waals surface area contributed by atoms with Crippen LogP contribution in [0.2, 0.25) is 0 Å². The van der Waals surface area contributed by atoms with Gasteiger partial charge in [0.25, 0.3) is 0 Å². The maximum atomic E-state index is 15.3. The van der Waals surface area contributed by atoms with Crippen LogP contribution in [0.15, 0.2) is 18.2 Å². The van der Waals surface area contributed by atoms with Gasteiger partial charge in [-0.15, -0.1) is 0 Å². The second-order valence-corrected chi connectivity index (χ2v) is 9.70. The zero-order chi connectivity index (χ0) is 23.9. The van der Waals surface area contributed by atoms with Crippen LogP contribution in [0, 0.1) is 46.8 Å². The van der Waals surface area contributed by atoms with E-state index in [2.05, 4.69) is 6.92 Å². The number of rotatable bonds is 4. The highest BCUT2D eigenvalue weighted by molar-refractivity contribution is 5.91. The van der Waals surface area contributed by atoms with Crippen LogP contribution in [-0.4, -0.2) is 11.1 Å². The fraction of sp³-hybridized carbons (Fsp3) is 0.500. The number of aromatic carboxylic acids is 1. The van der Waals surface area contributed by atoms with Crippen LogP contribution in [0.1, 0.15) is 80.1 Å². The van der Waals surface area contributed by atoms with E-state index in [1.807, 2.05) is 0 Å². The van der Waals surface area contributed by atoms with E-state index >= 15 is 4.39 Å². The monoisotopic (exact) mass is 466 g/mol. The van der Waals surface area contributed by atoms with Crippen molar-refractivity contribution in [3.8, 4) is 11.1 Å². The van der Waals surface area contributed by atoms with Crippen LogP contribution < -0.4 is 0 Å². The molecule has 0 unspecified atom stereocenters. The molecule has 178 valence electrons. The van der Waals surface area contributed by atoms with E-state index < -0.39 is 40.6 Å². The van der Waals surface area contributed by atoms with Gasteiger partial charge in [-0.3, -0.25) is 0 Å². The van der Waals surface area contributed by atoms with E-state index in [4.69, 9.17) is 0 Å². The Morgan fingerprint density at radius 1 is 0.758 bits per heavy atom. The van der Waals surface area contributed by atoms with Crippen LogP contribution in [-0.2, 0) is 0 Å². The molecule has 0 bridgehead atoms. The Hall–Kier alpha value is -2.44. The molecule has 2 aromatic carbocycles. The van der Waals surface area contributed by atoms with Gasteiger partial charge in [-0.2, -0.15) is 0 Å². The van der Waals surface area contributed by atoms with Gasteiger partial charge >= 0.3 is 5.97 Å². The maximum Gasteiger partial charge on any atom is 0.341 e.